The third kappa shape index (κ3) is 4.80. The highest BCUT2D eigenvalue weighted by atomic mass is 32.1. The molecule has 2 heterocycles. The molecule has 1 N–H and O–H groups in total. The molecule has 0 aliphatic rings. The molecular weight excluding hydrogens is 412 g/mol. The molecule has 2 aromatic carbocycles. The fourth-order valence-electron chi connectivity index (χ4n) is 2.97. The molecule has 4 rings (SSSR count). The van der Waals surface area contributed by atoms with E-state index in [4.69, 9.17) is 9.26 Å². The maximum atomic E-state index is 13.0. The van der Waals surface area contributed by atoms with E-state index >= 15 is 0 Å². The van der Waals surface area contributed by atoms with Crippen LogP contribution in [0, 0.1) is 6.92 Å². The Bertz CT molecular complexity index is 1190. The first-order chi connectivity index (χ1) is 15.0. The fourth-order valence-corrected chi connectivity index (χ4v) is 3.51. The molecular formula is C23H22N4O3S. The Labute approximate surface area is 184 Å². The number of anilines is 1. The Morgan fingerprint density at radius 1 is 1.23 bits per heavy atom. The highest BCUT2D eigenvalue weighted by Gasteiger charge is 2.18. The number of aromatic nitrogens is 3. The number of benzene rings is 2. The van der Waals surface area contributed by atoms with Crippen LogP contribution in [0.3, 0.4) is 0 Å². The summed E-state index contributed by atoms with van der Waals surface area (Å²) in [4.78, 5) is 21.7. The van der Waals surface area contributed by atoms with Crippen molar-refractivity contribution in [3.8, 4) is 17.2 Å². The lowest BCUT2D eigenvalue weighted by Gasteiger charge is -2.12. The summed E-state index contributed by atoms with van der Waals surface area (Å²) in [5.41, 5.74) is 5.31. The summed E-state index contributed by atoms with van der Waals surface area (Å²) in [6, 6.07) is 12.7. The van der Waals surface area contributed by atoms with E-state index in [2.05, 4.69) is 20.4 Å². The number of amides is 1. The zero-order valence-electron chi connectivity index (χ0n) is 17.5. The monoisotopic (exact) mass is 434 g/mol. The maximum Gasteiger partial charge on any atom is 0.260 e. The van der Waals surface area contributed by atoms with Gasteiger partial charge in [0.1, 0.15) is 12.4 Å². The van der Waals surface area contributed by atoms with Gasteiger partial charge in [-0.2, -0.15) is 4.98 Å². The maximum absolute atomic E-state index is 13.0. The molecule has 1 amide bonds. The van der Waals surface area contributed by atoms with E-state index in [-0.39, 0.29) is 11.8 Å². The van der Waals surface area contributed by atoms with Gasteiger partial charge < -0.3 is 14.6 Å². The minimum Gasteiger partial charge on any atom is -0.487 e. The van der Waals surface area contributed by atoms with Gasteiger partial charge in [-0.05, 0) is 36.8 Å². The number of rotatable bonds is 7. The SMILES string of the molecule is Cc1cccc(-c2nc(C(C)C)no2)c1NC(=O)c1cccc(OCc2cscn2)c1. The summed E-state index contributed by atoms with van der Waals surface area (Å²) < 4.78 is 11.2. The largest absolute Gasteiger partial charge is 0.487 e. The molecule has 0 aliphatic heterocycles. The van der Waals surface area contributed by atoms with Crippen LogP contribution in [0.2, 0.25) is 0 Å². The van der Waals surface area contributed by atoms with Crippen molar-refractivity contribution in [3.63, 3.8) is 0 Å². The van der Waals surface area contributed by atoms with Crippen LogP contribution in [0.25, 0.3) is 11.5 Å². The van der Waals surface area contributed by atoms with Crippen LogP contribution in [0.4, 0.5) is 5.69 Å². The molecule has 8 heteroatoms. The number of carbonyl (C=O) groups is 1. The number of hydrogen-bond acceptors (Lipinski definition) is 7. The summed E-state index contributed by atoms with van der Waals surface area (Å²) >= 11 is 1.52. The first-order valence-corrected chi connectivity index (χ1v) is 10.8. The average Bonchev–Trinajstić information content (AvgIpc) is 3.46. The second-order valence-corrected chi connectivity index (χ2v) is 8.08. The van der Waals surface area contributed by atoms with E-state index in [0.717, 1.165) is 11.3 Å². The quantitative estimate of drug-likeness (QED) is 0.416. The Balaban J connectivity index is 1.55. The molecule has 0 atom stereocenters. The Morgan fingerprint density at radius 3 is 2.81 bits per heavy atom. The standard InChI is InChI=1S/C23H22N4O3S/c1-14(2)21-26-23(30-27-21)19-9-4-6-15(3)20(19)25-22(28)16-7-5-8-18(10-16)29-11-17-12-31-13-24-17/h4-10,12-14H,11H2,1-3H3,(H,25,28). The van der Waals surface area contributed by atoms with E-state index in [0.29, 0.717) is 40.9 Å². The number of aryl methyl sites for hydroxylation is 1. The van der Waals surface area contributed by atoms with Crippen molar-refractivity contribution in [2.45, 2.75) is 33.3 Å². The summed E-state index contributed by atoms with van der Waals surface area (Å²) in [6.07, 6.45) is 0. The van der Waals surface area contributed by atoms with Crippen LogP contribution in [-0.2, 0) is 6.61 Å². The van der Waals surface area contributed by atoms with Crippen LogP contribution in [0.1, 0.15) is 47.2 Å². The molecule has 7 nitrogen and oxygen atoms in total. The Hall–Kier alpha value is -3.52. The van der Waals surface area contributed by atoms with Crippen molar-refractivity contribution in [2.75, 3.05) is 5.32 Å². The van der Waals surface area contributed by atoms with Gasteiger partial charge in [0.25, 0.3) is 11.8 Å². The summed E-state index contributed by atoms with van der Waals surface area (Å²) in [5, 5.41) is 8.96. The van der Waals surface area contributed by atoms with Crippen LogP contribution in [0.5, 0.6) is 5.75 Å². The fraction of sp³-hybridized carbons (Fsp3) is 0.217. The van der Waals surface area contributed by atoms with Crippen molar-refractivity contribution >= 4 is 22.9 Å². The zero-order valence-corrected chi connectivity index (χ0v) is 18.3. The van der Waals surface area contributed by atoms with Gasteiger partial charge >= 0.3 is 0 Å². The predicted molar refractivity (Wildman–Crippen MR) is 119 cm³/mol. The predicted octanol–water partition coefficient (Wildman–Crippen LogP) is 5.46. The summed E-state index contributed by atoms with van der Waals surface area (Å²) in [5.74, 6) is 1.50. The molecule has 0 unspecified atom stereocenters. The highest BCUT2D eigenvalue weighted by molar-refractivity contribution is 7.07. The Kier molecular flexibility index (Phi) is 6.08. The second-order valence-electron chi connectivity index (χ2n) is 7.36. The van der Waals surface area contributed by atoms with E-state index in [1.165, 1.54) is 11.3 Å². The lowest BCUT2D eigenvalue weighted by molar-refractivity contribution is 0.102. The van der Waals surface area contributed by atoms with Gasteiger partial charge in [0, 0.05) is 16.9 Å². The second kappa shape index (κ2) is 9.09. The molecule has 158 valence electrons. The van der Waals surface area contributed by atoms with Crippen molar-refractivity contribution < 1.29 is 14.1 Å². The average molecular weight is 435 g/mol. The molecule has 0 spiro atoms. The van der Waals surface area contributed by atoms with Crippen LogP contribution < -0.4 is 10.1 Å². The number of thiazole rings is 1. The minimum absolute atomic E-state index is 0.146. The van der Waals surface area contributed by atoms with E-state index in [1.807, 2.05) is 50.4 Å². The summed E-state index contributed by atoms with van der Waals surface area (Å²) in [7, 11) is 0. The lowest BCUT2D eigenvalue weighted by atomic mass is 10.1. The third-order valence-corrected chi connectivity index (χ3v) is 5.30. The molecule has 0 bridgehead atoms. The molecule has 0 fully saturated rings. The number of ether oxygens (including phenoxy) is 1. The molecule has 4 aromatic rings. The minimum atomic E-state index is -0.252. The van der Waals surface area contributed by atoms with Crippen molar-refractivity contribution in [1.29, 1.82) is 0 Å². The normalized spacial score (nSPS) is 11.0. The van der Waals surface area contributed by atoms with E-state index < -0.39 is 0 Å². The molecule has 0 saturated carbocycles. The molecule has 2 aromatic heterocycles. The van der Waals surface area contributed by atoms with Crippen LogP contribution in [-0.4, -0.2) is 21.0 Å². The van der Waals surface area contributed by atoms with Crippen molar-refractivity contribution in [2.24, 2.45) is 0 Å². The molecule has 0 aliphatic carbocycles. The number of carbonyl (C=O) groups excluding carboxylic acids is 1. The highest BCUT2D eigenvalue weighted by Crippen LogP contribution is 2.31. The van der Waals surface area contributed by atoms with Gasteiger partial charge in [0.2, 0.25) is 0 Å². The van der Waals surface area contributed by atoms with Gasteiger partial charge in [-0.25, -0.2) is 4.98 Å². The van der Waals surface area contributed by atoms with E-state index in [9.17, 15) is 4.79 Å². The van der Waals surface area contributed by atoms with Crippen molar-refractivity contribution in [1.82, 2.24) is 15.1 Å². The van der Waals surface area contributed by atoms with Gasteiger partial charge in [0.15, 0.2) is 5.82 Å². The van der Waals surface area contributed by atoms with E-state index in [1.54, 1.807) is 23.7 Å². The van der Waals surface area contributed by atoms with Crippen LogP contribution >= 0.6 is 11.3 Å². The summed E-state index contributed by atoms with van der Waals surface area (Å²) in [6.45, 7) is 6.27. The van der Waals surface area contributed by atoms with Gasteiger partial charge in [-0.15, -0.1) is 11.3 Å². The molecule has 0 radical (unpaired) electrons. The zero-order chi connectivity index (χ0) is 21.8. The third-order valence-electron chi connectivity index (χ3n) is 4.67. The topological polar surface area (TPSA) is 90.1 Å². The lowest BCUT2D eigenvalue weighted by Crippen LogP contribution is -2.14. The van der Waals surface area contributed by atoms with Crippen molar-refractivity contribution in [3.05, 3.63) is 76.0 Å². The van der Waals surface area contributed by atoms with Gasteiger partial charge in [-0.1, -0.05) is 37.2 Å². The molecule has 31 heavy (non-hydrogen) atoms. The van der Waals surface area contributed by atoms with Crippen LogP contribution in [0.15, 0.2) is 57.9 Å². The van der Waals surface area contributed by atoms with Gasteiger partial charge in [-0.3, -0.25) is 4.79 Å². The smallest absolute Gasteiger partial charge is 0.260 e. The number of nitrogens with one attached hydrogen (secondary N) is 1. The molecule has 0 saturated heterocycles. The first-order valence-electron chi connectivity index (χ1n) is 9.86. The number of para-hydroxylation sites is 1. The Morgan fingerprint density at radius 2 is 2.06 bits per heavy atom. The number of nitrogens with zero attached hydrogens (tertiary/aromatic N) is 3. The number of hydrogen-bond donors (Lipinski definition) is 1. The van der Waals surface area contributed by atoms with Gasteiger partial charge in [0.05, 0.1) is 22.5 Å². The first kappa shape index (κ1) is 20.7.